The zero-order valence-electron chi connectivity index (χ0n) is 17.0. The smallest absolute Gasteiger partial charge is 0.252 e. The molecule has 2 amide bonds. The molecule has 1 heterocycles. The highest BCUT2D eigenvalue weighted by Crippen LogP contribution is 2.34. The van der Waals surface area contributed by atoms with Crippen molar-refractivity contribution >= 4 is 62.3 Å². The molecule has 1 aliphatic rings. The van der Waals surface area contributed by atoms with Crippen LogP contribution in [-0.2, 0) is 26.2 Å². The Kier molecular flexibility index (Phi) is 6.79. The predicted molar refractivity (Wildman–Crippen MR) is 128 cm³/mol. The molecule has 1 atom stereocenters. The van der Waals surface area contributed by atoms with Crippen molar-refractivity contribution in [1.82, 2.24) is 4.31 Å². The number of rotatable bonds is 6. The van der Waals surface area contributed by atoms with Gasteiger partial charge >= 0.3 is 0 Å². The van der Waals surface area contributed by atoms with Gasteiger partial charge in [-0.05, 0) is 48.0 Å². The molecule has 1 aliphatic heterocycles. The summed E-state index contributed by atoms with van der Waals surface area (Å²) in [6.45, 7) is -0.135. The number of hydrogen-bond donors (Lipinski definition) is 0. The average Bonchev–Trinajstić information content (AvgIpc) is 3.08. The summed E-state index contributed by atoms with van der Waals surface area (Å²) >= 11 is 18.1. The van der Waals surface area contributed by atoms with Crippen LogP contribution in [0.2, 0.25) is 15.1 Å². The number of amides is 2. The summed E-state index contributed by atoms with van der Waals surface area (Å²) in [5.74, 6) is -1.17. The van der Waals surface area contributed by atoms with Gasteiger partial charge in [-0.15, -0.1) is 0 Å². The van der Waals surface area contributed by atoms with E-state index in [1.807, 2.05) is 0 Å². The topological polar surface area (TPSA) is 74.8 Å². The summed E-state index contributed by atoms with van der Waals surface area (Å²) in [7, 11) is -4.31. The predicted octanol–water partition coefficient (Wildman–Crippen LogP) is 5.17. The number of hydrogen-bond acceptors (Lipinski definition) is 4. The molecule has 1 saturated heterocycles. The quantitative estimate of drug-likeness (QED) is 0.418. The maximum atomic E-state index is 13.7. The number of benzene rings is 3. The number of halogens is 3. The fraction of sp³-hybridized carbons (Fsp3) is 0.130. The normalized spacial score (nSPS) is 16.6. The minimum absolute atomic E-state index is 0.0382. The van der Waals surface area contributed by atoms with Gasteiger partial charge in [-0.25, -0.2) is 13.3 Å². The molecule has 10 heteroatoms. The van der Waals surface area contributed by atoms with Gasteiger partial charge < -0.3 is 0 Å². The van der Waals surface area contributed by atoms with Gasteiger partial charge in [0.2, 0.25) is 15.9 Å². The molecule has 4 rings (SSSR count). The molecule has 0 aromatic heterocycles. The van der Waals surface area contributed by atoms with E-state index in [2.05, 4.69) is 0 Å². The molecule has 1 unspecified atom stereocenters. The van der Waals surface area contributed by atoms with Crippen LogP contribution in [-0.4, -0.2) is 30.6 Å². The maximum Gasteiger partial charge on any atom is 0.252 e. The second kappa shape index (κ2) is 9.44. The molecule has 170 valence electrons. The van der Waals surface area contributed by atoms with E-state index in [-0.39, 0.29) is 27.9 Å². The Morgan fingerprint density at radius 1 is 0.879 bits per heavy atom. The SMILES string of the molecule is O=C1CC(N(Cc2ccccc2)S(=O)(=O)c2cc(Cl)ccc2Cl)C(=O)N1c1ccc(Cl)cc1. The van der Waals surface area contributed by atoms with Crippen LogP contribution in [0, 0.1) is 0 Å². The number of imide groups is 1. The summed E-state index contributed by atoms with van der Waals surface area (Å²) in [5, 5.41) is 0.580. The van der Waals surface area contributed by atoms with Crippen molar-refractivity contribution in [3.63, 3.8) is 0 Å². The van der Waals surface area contributed by atoms with E-state index in [0.717, 1.165) is 9.21 Å². The first-order chi connectivity index (χ1) is 15.7. The first-order valence-corrected chi connectivity index (χ1v) is 12.4. The lowest BCUT2D eigenvalue weighted by Gasteiger charge is -2.27. The Hall–Kier alpha value is -2.42. The zero-order chi connectivity index (χ0) is 23.8. The van der Waals surface area contributed by atoms with Crippen molar-refractivity contribution in [1.29, 1.82) is 0 Å². The van der Waals surface area contributed by atoms with Crippen LogP contribution in [0.3, 0.4) is 0 Å². The van der Waals surface area contributed by atoms with Crippen molar-refractivity contribution in [2.45, 2.75) is 23.9 Å². The van der Waals surface area contributed by atoms with E-state index in [9.17, 15) is 18.0 Å². The Balaban J connectivity index is 1.78. The van der Waals surface area contributed by atoms with Gasteiger partial charge in [0, 0.05) is 16.6 Å². The maximum absolute atomic E-state index is 13.7. The third-order valence-electron chi connectivity index (χ3n) is 5.22. The molecule has 0 aliphatic carbocycles. The highest BCUT2D eigenvalue weighted by molar-refractivity contribution is 7.89. The number of carbonyl (C=O) groups is 2. The zero-order valence-corrected chi connectivity index (χ0v) is 20.1. The molecule has 0 N–H and O–H groups in total. The second-order valence-corrected chi connectivity index (χ2v) is 10.5. The van der Waals surface area contributed by atoms with E-state index in [1.165, 1.54) is 30.3 Å². The molecule has 0 bridgehead atoms. The summed E-state index contributed by atoms with van der Waals surface area (Å²) < 4.78 is 28.5. The third kappa shape index (κ3) is 4.78. The second-order valence-electron chi connectivity index (χ2n) is 7.37. The van der Waals surface area contributed by atoms with Gasteiger partial charge in [0.05, 0.1) is 17.1 Å². The van der Waals surface area contributed by atoms with Crippen molar-refractivity contribution < 1.29 is 18.0 Å². The number of anilines is 1. The summed E-state index contributed by atoms with van der Waals surface area (Å²) in [6, 6.07) is 17.8. The third-order valence-corrected chi connectivity index (χ3v) is 8.04. The van der Waals surface area contributed by atoms with Crippen LogP contribution in [0.25, 0.3) is 0 Å². The Labute approximate surface area is 206 Å². The van der Waals surface area contributed by atoms with Crippen LogP contribution < -0.4 is 4.90 Å². The van der Waals surface area contributed by atoms with Crippen LogP contribution >= 0.6 is 34.8 Å². The van der Waals surface area contributed by atoms with Crippen molar-refractivity contribution in [3.05, 3.63) is 93.4 Å². The molecule has 6 nitrogen and oxygen atoms in total. The molecule has 3 aromatic carbocycles. The van der Waals surface area contributed by atoms with Crippen molar-refractivity contribution in [2.24, 2.45) is 0 Å². The molecular weight excluding hydrogens is 507 g/mol. The summed E-state index contributed by atoms with van der Waals surface area (Å²) in [5.41, 5.74) is 0.958. The molecule has 0 spiro atoms. The van der Waals surface area contributed by atoms with E-state index in [4.69, 9.17) is 34.8 Å². The highest BCUT2D eigenvalue weighted by atomic mass is 35.5. The first-order valence-electron chi connectivity index (χ1n) is 9.81. The van der Waals surface area contributed by atoms with Crippen LogP contribution in [0.15, 0.2) is 77.7 Å². The Bertz CT molecular complexity index is 1320. The molecule has 1 fully saturated rings. The lowest BCUT2D eigenvalue weighted by atomic mass is 10.2. The number of nitrogens with zero attached hydrogens (tertiary/aromatic N) is 2. The Morgan fingerprint density at radius 3 is 2.18 bits per heavy atom. The summed E-state index contributed by atoms with van der Waals surface area (Å²) in [4.78, 5) is 26.9. The first kappa shape index (κ1) is 23.7. The van der Waals surface area contributed by atoms with E-state index in [1.54, 1.807) is 42.5 Å². The van der Waals surface area contributed by atoms with Gasteiger partial charge in [0.15, 0.2) is 0 Å². The fourth-order valence-electron chi connectivity index (χ4n) is 3.63. The minimum atomic E-state index is -4.31. The van der Waals surface area contributed by atoms with E-state index < -0.39 is 27.9 Å². The lowest BCUT2D eigenvalue weighted by molar-refractivity contribution is -0.122. The largest absolute Gasteiger partial charge is 0.274 e. The van der Waals surface area contributed by atoms with Gasteiger partial charge in [-0.3, -0.25) is 9.59 Å². The Morgan fingerprint density at radius 2 is 1.52 bits per heavy atom. The standard InChI is InChI=1S/C23H17Cl3N2O4S/c24-16-6-9-18(10-7-16)28-22(29)13-20(23(28)30)27(14-15-4-2-1-3-5-15)33(31,32)21-12-17(25)8-11-19(21)26/h1-12,20H,13-14H2. The number of carbonyl (C=O) groups excluding carboxylic acids is 2. The monoisotopic (exact) mass is 522 g/mol. The molecule has 0 saturated carbocycles. The lowest BCUT2D eigenvalue weighted by Crippen LogP contribution is -2.45. The van der Waals surface area contributed by atoms with Gasteiger partial charge in [0.25, 0.3) is 5.91 Å². The molecule has 3 aromatic rings. The van der Waals surface area contributed by atoms with Crippen molar-refractivity contribution in [3.8, 4) is 0 Å². The van der Waals surface area contributed by atoms with Gasteiger partial charge in [-0.1, -0.05) is 65.1 Å². The van der Waals surface area contributed by atoms with Gasteiger partial charge in [-0.2, -0.15) is 4.31 Å². The molecular formula is C23H17Cl3N2O4S. The van der Waals surface area contributed by atoms with Crippen LogP contribution in [0.1, 0.15) is 12.0 Å². The van der Waals surface area contributed by atoms with E-state index >= 15 is 0 Å². The minimum Gasteiger partial charge on any atom is -0.274 e. The average molecular weight is 524 g/mol. The van der Waals surface area contributed by atoms with Crippen molar-refractivity contribution in [2.75, 3.05) is 4.90 Å². The highest BCUT2D eigenvalue weighted by Gasteiger charge is 2.47. The van der Waals surface area contributed by atoms with Crippen LogP contribution in [0.5, 0.6) is 0 Å². The fourth-order valence-corrected chi connectivity index (χ4v) is 6.06. The van der Waals surface area contributed by atoms with E-state index in [0.29, 0.717) is 16.3 Å². The van der Waals surface area contributed by atoms with Gasteiger partial charge in [0.1, 0.15) is 10.9 Å². The molecule has 0 radical (unpaired) electrons. The van der Waals surface area contributed by atoms with Crippen LogP contribution in [0.4, 0.5) is 5.69 Å². The summed E-state index contributed by atoms with van der Waals surface area (Å²) in [6.07, 6.45) is -0.314. The number of sulfonamides is 1. The molecule has 33 heavy (non-hydrogen) atoms.